The molecular formula is C15H12BrNO3. The van der Waals surface area contributed by atoms with Gasteiger partial charge in [0.1, 0.15) is 5.75 Å². The minimum Gasteiger partial charge on any atom is -0.496 e. The Labute approximate surface area is 124 Å². The second-order valence-electron chi connectivity index (χ2n) is 4.45. The predicted octanol–water partition coefficient (Wildman–Crippen LogP) is 3.77. The molecule has 0 atom stereocenters. The highest BCUT2D eigenvalue weighted by Crippen LogP contribution is 2.32. The van der Waals surface area contributed by atoms with Crippen LogP contribution in [-0.2, 0) is 7.05 Å². The lowest BCUT2D eigenvalue weighted by Gasteiger charge is -2.04. The lowest BCUT2D eigenvalue weighted by Crippen LogP contribution is -2.00. The summed E-state index contributed by atoms with van der Waals surface area (Å²) >= 11 is 3.25. The van der Waals surface area contributed by atoms with Gasteiger partial charge in [-0.3, -0.25) is 4.79 Å². The molecule has 0 spiro atoms. The number of ketones is 1. The molecule has 5 heteroatoms. The Morgan fingerprint density at radius 1 is 1.30 bits per heavy atom. The third kappa shape index (κ3) is 1.86. The molecule has 3 aromatic rings. The van der Waals surface area contributed by atoms with E-state index in [4.69, 9.17) is 9.15 Å². The first kappa shape index (κ1) is 13.0. The fourth-order valence-corrected chi connectivity index (χ4v) is 2.78. The maximum Gasteiger partial charge on any atom is 0.199 e. The smallest absolute Gasteiger partial charge is 0.199 e. The van der Waals surface area contributed by atoms with E-state index >= 15 is 0 Å². The zero-order valence-electron chi connectivity index (χ0n) is 11.0. The Morgan fingerprint density at radius 3 is 2.75 bits per heavy atom. The molecule has 0 fully saturated rings. The van der Waals surface area contributed by atoms with Crippen molar-refractivity contribution in [2.24, 2.45) is 7.05 Å². The fourth-order valence-electron chi connectivity index (χ4n) is 2.36. The van der Waals surface area contributed by atoms with Crippen molar-refractivity contribution in [3.8, 4) is 5.75 Å². The van der Waals surface area contributed by atoms with Crippen molar-refractivity contribution in [1.29, 1.82) is 0 Å². The van der Waals surface area contributed by atoms with Crippen molar-refractivity contribution >= 4 is 32.6 Å². The van der Waals surface area contributed by atoms with Crippen molar-refractivity contribution in [2.45, 2.75) is 0 Å². The van der Waals surface area contributed by atoms with Gasteiger partial charge in [0.25, 0.3) is 0 Å². The van der Waals surface area contributed by atoms with Crippen molar-refractivity contribution in [1.82, 2.24) is 4.57 Å². The number of aryl methyl sites for hydroxylation is 1. The van der Waals surface area contributed by atoms with Gasteiger partial charge in [-0.05, 0) is 34.1 Å². The van der Waals surface area contributed by atoms with E-state index in [0.29, 0.717) is 21.5 Å². The average Bonchev–Trinajstić information content (AvgIpc) is 3.02. The van der Waals surface area contributed by atoms with Gasteiger partial charge in [0.05, 0.1) is 35.4 Å². The lowest BCUT2D eigenvalue weighted by molar-refractivity contribution is 0.103. The van der Waals surface area contributed by atoms with Crippen LogP contribution in [0.2, 0.25) is 0 Å². The number of benzene rings is 1. The Hall–Kier alpha value is -2.01. The molecular weight excluding hydrogens is 322 g/mol. The number of nitrogens with zero attached hydrogens (tertiary/aromatic N) is 1. The quantitative estimate of drug-likeness (QED) is 0.685. The molecule has 102 valence electrons. The summed E-state index contributed by atoms with van der Waals surface area (Å²) in [6.45, 7) is 0. The normalized spacial score (nSPS) is 10.9. The Bertz CT molecular complexity index is 801. The van der Waals surface area contributed by atoms with E-state index in [2.05, 4.69) is 15.9 Å². The molecule has 20 heavy (non-hydrogen) atoms. The minimum absolute atomic E-state index is 0.0966. The summed E-state index contributed by atoms with van der Waals surface area (Å²) < 4.78 is 12.9. The van der Waals surface area contributed by atoms with Gasteiger partial charge in [-0.2, -0.15) is 0 Å². The molecule has 0 aliphatic rings. The second-order valence-corrected chi connectivity index (χ2v) is 5.17. The van der Waals surface area contributed by atoms with E-state index in [1.54, 1.807) is 13.2 Å². The van der Waals surface area contributed by atoms with Crippen LogP contribution in [0.5, 0.6) is 5.75 Å². The summed E-state index contributed by atoms with van der Waals surface area (Å²) in [6.07, 6.45) is 3.30. The number of fused-ring (bicyclic) bond motifs is 1. The van der Waals surface area contributed by atoms with E-state index < -0.39 is 0 Å². The highest BCUT2D eigenvalue weighted by Gasteiger charge is 2.21. The van der Waals surface area contributed by atoms with Crippen LogP contribution in [0, 0.1) is 0 Å². The number of carbonyl (C=O) groups is 1. The standard InChI is InChI=1S/C15H12BrNO3/c1-17-8-10(14(18)9-6-7-20-15(9)16)13-11(17)4-3-5-12(13)19-2/h3-8H,1-2H3. The summed E-state index contributed by atoms with van der Waals surface area (Å²) in [4.78, 5) is 12.7. The summed E-state index contributed by atoms with van der Waals surface area (Å²) in [6, 6.07) is 7.37. The fraction of sp³-hybridized carbons (Fsp3) is 0.133. The van der Waals surface area contributed by atoms with Crippen LogP contribution in [0.3, 0.4) is 0 Å². The maximum absolute atomic E-state index is 12.7. The maximum atomic E-state index is 12.7. The topological polar surface area (TPSA) is 44.4 Å². The van der Waals surface area contributed by atoms with E-state index in [-0.39, 0.29) is 5.78 Å². The second kappa shape index (κ2) is 4.83. The van der Waals surface area contributed by atoms with E-state index in [1.807, 2.05) is 36.0 Å². The molecule has 2 heterocycles. The van der Waals surface area contributed by atoms with Crippen molar-refractivity contribution in [3.63, 3.8) is 0 Å². The van der Waals surface area contributed by atoms with Crippen LogP contribution < -0.4 is 4.74 Å². The summed E-state index contributed by atoms with van der Waals surface area (Å²) in [5, 5.41) is 0.815. The van der Waals surface area contributed by atoms with Gasteiger partial charge < -0.3 is 13.7 Å². The van der Waals surface area contributed by atoms with Crippen LogP contribution in [0.4, 0.5) is 0 Å². The first-order chi connectivity index (χ1) is 9.63. The molecule has 0 amide bonds. The van der Waals surface area contributed by atoms with Gasteiger partial charge in [0, 0.05) is 13.2 Å². The Kier molecular flexibility index (Phi) is 3.14. The van der Waals surface area contributed by atoms with Gasteiger partial charge in [0.2, 0.25) is 0 Å². The minimum atomic E-state index is -0.0966. The zero-order chi connectivity index (χ0) is 14.3. The van der Waals surface area contributed by atoms with Crippen LogP contribution in [0.25, 0.3) is 10.9 Å². The number of methoxy groups -OCH3 is 1. The molecule has 0 unspecified atom stereocenters. The molecule has 0 saturated heterocycles. The van der Waals surface area contributed by atoms with Crippen LogP contribution in [-0.4, -0.2) is 17.5 Å². The van der Waals surface area contributed by atoms with Gasteiger partial charge in [-0.15, -0.1) is 0 Å². The number of carbonyl (C=O) groups excluding carboxylic acids is 1. The predicted molar refractivity (Wildman–Crippen MR) is 79.3 cm³/mol. The first-order valence-electron chi connectivity index (χ1n) is 6.03. The van der Waals surface area contributed by atoms with E-state index in [0.717, 1.165) is 10.9 Å². The molecule has 1 aromatic carbocycles. The number of hydrogen-bond acceptors (Lipinski definition) is 3. The molecule has 2 aromatic heterocycles. The number of ether oxygens (including phenoxy) is 1. The lowest BCUT2D eigenvalue weighted by atomic mass is 10.0. The van der Waals surface area contributed by atoms with E-state index in [9.17, 15) is 4.79 Å². The van der Waals surface area contributed by atoms with Crippen molar-refractivity contribution < 1.29 is 13.9 Å². The summed E-state index contributed by atoms with van der Waals surface area (Å²) in [5.74, 6) is 0.590. The van der Waals surface area contributed by atoms with Crippen molar-refractivity contribution in [3.05, 3.63) is 52.5 Å². The van der Waals surface area contributed by atoms with Crippen molar-refractivity contribution in [2.75, 3.05) is 7.11 Å². The van der Waals surface area contributed by atoms with Crippen LogP contribution >= 0.6 is 15.9 Å². The molecule has 0 bridgehead atoms. The molecule has 0 saturated carbocycles. The highest BCUT2D eigenvalue weighted by molar-refractivity contribution is 9.10. The monoisotopic (exact) mass is 333 g/mol. The number of aromatic nitrogens is 1. The van der Waals surface area contributed by atoms with Gasteiger partial charge in [0.15, 0.2) is 10.5 Å². The van der Waals surface area contributed by atoms with E-state index in [1.165, 1.54) is 6.26 Å². The Morgan fingerprint density at radius 2 is 2.10 bits per heavy atom. The third-order valence-electron chi connectivity index (χ3n) is 3.30. The molecule has 0 N–H and O–H groups in total. The largest absolute Gasteiger partial charge is 0.496 e. The number of furan rings is 1. The van der Waals surface area contributed by atoms with Gasteiger partial charge in [-0.1, -0.05) is 6.07 Å². The molecule has 3 rings (SSSR count). The number of rotatable bonds is 3. The Balaban J connectivity index is 2.27. The average molecular weight is 334 g/mol. The highest BCUT2D eigenvalue weighted by atomic mass is 79.9. The van der Waals surface area contributed by atoms with Gasteiger partial charge in [-0.25, -0.2) is 0 Å². The zero-order valence-corrected chi connectivity index (χ0v) is 12.6. The third-order valence-corrected chi connectivity index (χ3v) is 3.92. The van der Waals surface area contributed by atoms with Gasteiger partial charge >= 0.3 is 0 Å². The number of halogens is 1. The molecule has 0 radical (unpaired) electrons. The molecule has 0 aliphatic carbocycles. The number of hydrogen-bond donors (Lipinski definition) is 0. The summed E-state index contributed by atoms with van der Waals surface area (Å²) in [5.41, 5.74) is 2.05. The molecule has 0 aliphatic heterocycles. The van der Waals surface area contributed by atoms with Crippen LogP contribution in [0.15, 0.2) is 45.8 Å². The van der Waals surface area contributed by atoms with Crippen LogP contribution in [0.1, 0.15) is 15.9 Å². The first-order valence-corrected chi connectivity index (χ1v) is 6.82. The SMILES string of the molecule is COc1cccc2c1c(C(=O)c1ccoc1Br)cn2C. The molecule has 4 nitrogen and oxygen atoms in total. The summed E-state index contributed by atoms with van der Waals surface area (Å²) in [7, 11) is 3.51.